The Labute approximate surface area is 126 Å². The van der Waals surface area contributed by atoms with Crippen LogP contribution in [-0.2, 0) is 11.3 Å². The molecule has 0 radical (unpaired) electrons. The van der Waals surface area contributed by atoms with Crippen molar-refractivity contribution in [2.24, 2.45) is 5.92 Å². The Bertz CT molecular complexity index is 413. The highest BCUT2D eigenvalue weighted by molar-refractivity contribution is 5.30. The Balaban J connectivity index is 1.43. The average molecular weight is 291 g/mol. The maximum absolute atomic E-state index is 5.34. The van der Waals surface area contributed by atoms with E-state index in [9.17, 15) is 0 Å². The summed E-state index contributed by atoms with van der Waals surface area (Å²) in [6.07, 6.45) is 6.43. The number of ether oxygens (including phenoxy) is 1. The fraction of sp³-hybridized carbons (Fsp3) is 0.733. The number of rotatable bonds is 5. The molecule has 0 saturated carbocycles. The Morgan fingerprint density at radius 1 is 1.19 bits per heavy atom. The maximum Gasteiger partial charge on any atom is 0.225 e. The van der Waals surface area contributed by atoms with E-state index in [0.717, 1.165) is 69.9 Å². The van der Waals surface area contributed by atoms with E-state index in [1.165, 1.54) is 12.8 Å². The Hall–Kier alpha value is -1.24. The second-order valence-corrected chi connectivity index (χ2v) is 5.82. The Morgan fingerprint density at radius 3 is 2.62 bits per heavy atom. The molecule has 3 rings (SSSR count). The molecule has 0 spiro atoms. The van der Waals surface area contributed by atoms with Gasteiger partial charge in [0.25, 0.3) is 0 Å². The number of anilines is 1. The second-order valence-electron chi connectivity index (χ2n) is 5.82. The van der Waals surface area contributed by atoms with Crippen molar-refractivity contribution < 1.29 is 4.74 Å². The normalized spacial score (nSPS) is 20.7. The first kappa shape index (κ1) is 14.7. The lowest BCUT2D eigenvalue weighted by Gasteiger charge is -2.26. The molecule has 2 aliphatic rings. The minimum atomic E-state index is 0.767. The summed E-state index contributed by atoms with van der Waals surface area (Å²) >= 11 is 0. The van der Waals surface area contributed by atoms with Crippen molar-refractivity contribution in [3.8, 4) is 0 Å². The number of morpholine rings is 1. The molecular formula is C15H25N5O. The summed E-state index contributed by atoms with van der Waals surface area (Å²) in [5, 5.41) is 6.93. The predicted octanol–water partition coefficient (Wildman–Crippen LogP) is 0.402. The zero-order valence-corrected chi connectivity index (χ0v) is 12.6. The van der Waals surface area contributed by atoms with Crippen molar-refractivity contribution in [1.82, 2.24) is 20.6 Å². The molecule has 0 aliphatic carbocycles. The number of nitrogens with one attached hydrogen (secondary N) is 2. The first-order valence-electron chi connectivity index (χ1n) is 7.97. The van der Waals surface area contributed by atoms with Gasteiger partial charge in [-0.1, -0.05) is 0 Å². The van der Waals surface area contributed by atoms with E-state index >= 15 is 0 Å². The molecule has 1 aromatic heterocycles. The van der Waals surface area contributed by atoms with Crippen LogP contribution < -0.4 is 15.5 Å². The highest BCUT2D eigenvalue weighted by Gasteiger charge is 2.14. The summed E-state index contributed by atoms with van der Waals surface area (Å²) in [7, 11) is 0. The molecule has 0 aromatic carbocycles. The standard InChI is InChI=1S/C15H25N5O/c1-3-16-4-2-13(1)9-17-10-14-11-18-15(19-12-14)20-5-7-21-8-6-20/h11-13,16-17H,1-10H2. The monoisotopic (exact) mass is 291 g/mol. The van der Waals surface area contributed by atoms with Gasteiger partial charge < -0.3 is 20.3 Å². The van der Waals surface area contributed by atoms with Crippen LogP contribution in [0.15, 0.2) is 12.4 Å². The van der Waals surface area contributed by atoms with E-state index in [-0.39, 0.29) is 0 Å². The largest absolute Gasteiger partial charge is 0.378 e. The summed E-state index contributed by atoms with van der Waals surface area (Å²) in [4.78, 5) is 11.1. The lowest BCUT2D eigenvalue weighted by Crippen LogP contribution is -2.37. The van der Waals surface area contributed by atoms with E-state index in [4.69, 9.17) is 4.74 Å². The molecule has 2 aliphatic heterocycles. The van der Waals surface area contributed by atoms with Gasteiger partial charge in [0.05, 0.1) is 13.2 Å². The van der Waals surface area contributed by atoms with E-state index in [1.54, 1.807) is 0 Å². The highest BCUT2D eigenvalue weighted by atomic mass is 16.5. The van der Waals surface area contributed by atoms with Crippen LogP contribution in [0.1, 0.15) is 18.4 Å². The van der Waals surface area contributed by atoms with Crippen LogP contribution in [-0.4, -0.2) is 55.9 Å². The average Bonchev–Trinajstić information content (AvgIpc) is 2.57. The summed E-state index contributed by atoms with van der Waals surface area (Å²) in [5.74, 6) is 1.63. The molecule has 1 aromatic rings. The number of hydrogen-bond donors (Lipinski definition) is 2. The molecule has 3 heterocycles. The van der Waals surface area contributed by atoms with Gasteiger partial charge in [-0.25, -0.2) is 9.97 Å². The van der Waals surface area contributed by atoms with Crippen molar-refractivity contribution in [2.45, 2.75) is 19.4 Å². The number of nitrogens with zero attached hydrogens (tertiary/aromatic N) is 3. The number of aromatic nitrogens is 2. The molecule has 2 fully saturated rings. The van der Waals surface area contributed by atoms with Gasteiger partial charge >= 0.3 is 0 Å². The molecular weight excluding hydrogens is 266 g/mol. The summed E-state index contributed by atoms with van der Waals surface area (Å²) in [6, 6.07) is 0. The Morgan fingerprint density at radius 2 is 1.90 bits per heavy atom. The van der Waals surface area contributed by atoms with Crippen LogP contribution in [0.5, 0.6) is 0 Å². The highest BCUT2D eigenvalue weighted by Crippen LogP contribution is 2.11. The second kappa shape index (κ2) is 7.68. The molecule has 2 N–H and O–H groups in total. The van der Waals surface area contributed by atoms with Crippen molar-refractivity contribution in [1.29, 1.82) is 0 Å². The number of piperidine rings is 1. The van der Waals surface area contributed by atoms with Gasteiger partial charge in [-0.3, -0.25) is 0 Å². The van der Waals surface area contributed by atoms with Gasteiger partial charge in [0.1, 0.15) is 0 Å². The summed E-state index contributed by atoms with van der Waals surface area (Å²) in [5.41, 5.74) is 1.15. The third-order valence-corrected chi connectivity index (χ3v) is 4.21. The molecule has 2 saturated heterocycles. The zero-order chi connectivity index (χ0) is 14.3. The lowest BCUT2D eigenvalue weighted by molar-refractivity contribution is 0.122. The molecule has 21 heavy (non-hydrogen) atoms. The number of hydrogen-bond acceptors (Lipinski definition) is 6. The van der Waals surface area contributed by atoms with E-state index in [0.29, 0.717) is 0 Å². The molecule has 0 unspecified atom stereocenters. The van der Waals surface area contributed by atoms with Crippen LogP contribution >= 0.6 is 0 Å². The van der Waals surface area contributed by atoms with E-state index in [1.807, 2.05) is 12.4 Å². The minimum Gasteiger partial charge on any atom is -0.378 e. The quantitative estimate of drug-likeness (QED) is 0.819. The van der Waals surface area contributed by atoms with Crippen molar-refractivity contribution in [2.75, 3.05) is 50.8 Å². The van der Waals surface area contributed by atoms with Gasteiger partial charge in [-0.15, -0.1) is 0 Å². The minimum absolute atomic E-state index is 0.767. The summed E-state index contributed by atoms with van der Waals surface area (Å²) < 4.78 is 5.34. The fourth-order valence-corrected chi connectivity index (χ4v) is 2.87. The van der Waals surface area contributed by atoms with Crippen LogP contribution in [0.2, 0.25) is 0 Å². The predicted molar refractivity (Wildman–Crippen MR) is 82.4 cm³/mol. The zero-order valence-electron chi connectivity index (χ0n) is 12.6. The van der Waals surface area contributed by atoms with Crippen LogP contribution in [0.4, 0.5) is 5.95 Å². The van der Waals surface area contributed by atoms with Gasteiger partial charge in [0.2, 0.25) is 5.95 Å². The van der Waals surface area contributed by atoms with Crippen molar-refractivity contribution in [3.05, 3.63) is 18.0 Å². The van der Waals surface area contributed by atoms with E-state index in [2.05, 4.69) is 25.5 Å². The first-order valence-corrected chi connectivity index (χ1v) is 7.97. The maximum atomic E-state index is 5.34. The smallest absolute Gasteiger partial charge is 0.225 e. The van der Waals surface area contributed by atoms with Gasteiger partial charge in [-0.05, 0) is 38.4 Å². The van der Waals surface area contributed by atoms with Crippen molar-refractivity contribution in [3.63, 3.8) is 0 Å². The van der Waals surface area contributed by atoms with Crippen LogP contribution in [0.3, 0.4) is 0 Å². The first-order chi connectivity index (χ1) is 10.4. The molecule has 0 atom stereocenters. The third-order valence-electron chi connectivity index (χ3n) is 4.21. The third kappa shape index (κ3) is 4.36. The fourth-order valence-electron chi connectivity index (χ4n) is 2.87. The Kier molecular flexibility index (Phi) is 5.37. The van der Waals surface area contributed by atoms with Crippen molar-refractivity contribution >= 4 is 5.95 Å². The molecule has 6 heteroatoms. The van der Waals surface area contributed by atoms with E-state index < -0.39 is 0 Å². The summed E-state index contributed by atoms with van der Waals surface area (Å²) in [6.45, 7) is 7.56. The van der Waals surface area contributed by atoms with Gasteiger partial charge in [0.15, 0.2) is 0 Å². The van der Waals surface area contributed by atoms with Crippen LogP contribution in [0.25, 0.3) is 0 Å². The SMILES string of the molecule is c1nc(N2CCOCC2)ncc1CNCC1CCNCC1. The molecule has 6 nitrogen and oxygen atoms in total. The lowest BCUT2D eigenvalue weighted by atomic mass is 9.98. The van der Waals surface area contributed by atoms with Crippen LogP contribution in [0, 0.1) is 5.92 Å². The molecule has 116 valence electrons. The molecule has 0 bridgehead atoms. The van der Waals surface area contributed by atoms with Gasteiger partial charge in [-0.2, -0.15) is 0 Å². The van der Waals surface area contributed by atoms with Gasteiger partial charge in [0, 0.05) is 37.6 Å². The molecule has 0 amide bonds. The topological polar surface area (TPSA) is 62.3 Å².